The van der Waals surface area contributed by atoms with Crippen molar-refractivity contribution in [3.8, 4) is 0 Å². The number of carbonyl (C=O) groups excluding carboxylic acids is 2. The molecule has 2 rings (SSSR count). The first kappa shape index (κ1) is 17.0. The molecule has 0 radical (unpaired) electrons. The molecule has 5 heteroatoms. The minimum Gasteiger partial charge on any atom is -0.450 e. The van der Waals surface area contributed by atoms with Crippen molar-refractivity contribution < 1.29 is 23.8 Å². The van der Waals surface area contributed by atoms with Crippen LogP contribution in [0, 0.1) is 16.7 Å². The second-order valence-electron chi connectivity index (χ2n) is 7.26. The maximum absolute atomic E-state index is 11.5. The summed E-state index contributed by atoms with van der Waals surface area (Å²) in [6, 6.07) is 0. The molecule has 0 spiro atoms. The standard InChI is InChI=1S/C17H26O5/c1-11(2)15(19)20-9-14(18)22-10-21-13-8-12-6-7-17(13,5)16(12,3)4/h12-13H,1,6-10H2,2-5H3. The zero-order valence-corrected chi connectivity index (χ0v) is 13.9. The van der Waals surface area contributed by atoms with E-state index in [0.29, 0.717) is 5.92 Å². The van der Waals surface area contributed by atoms with Crippen LogP contribution < -0.4 is 0 Å². The quantitative estimate of drug-likeness (QED) is 0.429. The maximum Gasteiger partial charge on any atom is 0.346 e. The van der Waals surface area contributed by atoms with Gasteiger partial charge in [-0.25, -0.2) is 9.59 Å². The van der Waals surface area contributed by atoms with E-state index < -0.39 is 18.5 Å². The molecule has 2 aliphatic carbocycles. The molecular formula is C17H26O5. The van der Waals surface area contributed by atoms with Gasteiger partial charge in [-0.05, 0) is 42.9 Å². The highest BCUT2D eigenvalue weighted by Gasteiger charge is 2.61. The van der Waals surface area contributed by atoms with Crippen molar-refractivity contribution in [3.05, 3.63) is 12.2 Å². The number of hydrogen-bond acceptors (Lipinski definition) is 5. The van der Waals surface area contributed by atoms with Gasteiger partial charge < -0.3 is 14.2 Å². The molecule has 0 aliphatic heterocycles. The van der Waals surface area contributed by atoms with Gasteiger partial charge in [0.05, 0.1) is 6.10 Å². The fourth-order valence-corrected chi connectivity index (χ4v) is 3.85. The predicted molar refractivity (Wildman–Crippen MR) is 80.8 cm³/mol. The summed E-state index contributed by atoms with van der Waals surface area (Å²) in [7, 11) is 0. The third kappa shape index (κ3) is 2.91. The molecule has 2 saturated carbocycles. The first-order valence-corrected chi connectivity index (χ1v) is 7.78. The fraction of sp³-hybridized carbons (Fsp3) is 0.765. The molecule has 3 atom stereocenters. The van der Waals surface area contributed by atoms with Crippen molar-refractivity contribution >= 4 is 11.9 Å². The van der Waals surface area contributed by atoms with E-state index in [9.17, 15) is 9.59 Å². The van der Waals surface area contributed by atoms with Crippen LogP contribution in [0.4, 0.5) is 0 Å². The molecule has 0 heterocycles. The fourth-order valence-electron chi connectivity index (χ4n) is 3.85. The van der Waals surface area contributed by atoms with E-state index in [4.69, 9.17) is 14.2 Å². The highest BCUT2D eigenvalue weighted by atomic mass is 16.7. The summed E-state index contributed by atoms with van der Waals surface area (Å²) in [6.45, 7) is 11.3. The van der Waals surface area contributed by atoms with Gasteiger partial charge in [0.1, 0.15) is 0 Å². The van der Waals surface area contributed by atoms with Crippen LogP contribution in [0.2, 0.25) is 0 Å². The average molecular weight is 310 g/mol. The summed E-state index contributed by atoms with van der Waals surface area (Å²) in [5.74, 6) is -0.530. The SMILES string of the molecule is C=C(C)C(=O)OCC(=O)OCOC1CC2CCC1(C)C2(C)C. The molecule has 0 amide bonds. The lowest BCUT2D eigenvalue weighted by Crippen LogP contribution is -2.37. The number of hydrogen-bond donors (Lipinski definition) is 0. The first-order valence-electron chi connectivity index (χ1n) is 7.78. The summed E-state index contributed by atoms with van der Waals surface area (Å²) in [6.07, 6.45) is 3.54. The summed E-state index contributed by atoms with van der Waals surface area (Å²) < 4.78 is 15.5. The van der Waals surface area contributed by atoms with Gasteiger partial charge in [0, 0.05) is 5.57 Å². The molecule has 0 N–H and O–H groups in total. The van der Waals surface area contributed by atoms with E-state index in [1.807, 2.05) is 0 Å². The predicted octanol–water partition coefficient (Wildman–Crippen LogP) is 2.84. The zero-order chi connectivity index (χ0) is 16.5. The lowest BCUT2D eigenvalue weighted by atomic mass is 9.70. The second-order valence-corrected chi connectivity index (χ2v) is 7.26. The van der Waals surface area contributed by atoms with Gasteiger partial charge in [-0.2, -0.15) is 0 Å². The third-order valence-corrected chi connectivity index (χ3v) is 5.87. The Hall–Kier alpha value is -1.36. The molecule has 0 aromatic heterocycles. The molecule has 2 aliphatic rings. The van der Waals surface area contributed by atoms with Gasteiger partial charge in [0.25, 0.3) is 0 Å². The highest BCUT2D eigenvalue weighted by Crippen LogP contribution is 2.66. The lowest BCUT2D eigenvalue weighted by molar-refractivity contribution is -0.175. The largest absolute Gasteiger partial charge is 0.450 e. The zero-order valence-electron chi connectivity index (χ0n) is 13.9. The van der Waals surface area contributed by atoms with Gasteiger partial charge in [-0.1, -0.05) is 27.4 Å². The first-order chi connectivity index (χ1) is 10.2. The topological polar surface area (TPSA) is 61.8 Å². The Bertz CT molecular complexity index is 481. The molecule has 22 heavy (non-hydrogen) atoms. The molecule has 0 aromatic rings. The van der Waals surface area contributed by atoms with E-state index in [1.54, 1.807) is 0 Å². The number of fused-ring (bicyclic) bond motifs is 2. The van der Waals surface area contributed by atoms with Crippen LogP contribution >= 0.6 is 0 Å². The molecule has 0 aromatic carbocycles. The van der Waals surface area contributed by atoms with E-state index in [0.717, 1.165) is 12.8 Å². The van der Waals surface area contributed by atoms with Crippen LogP contribution in [-0.4, -0.2) is 31.4 Å². The van der Waals surface area contributed by atoms with Crippen LogP contribution in [0.5, 0.6) is 0 Å². The smallest absolute Gasteiger partial charge is 0.346 e. The lowest BCUT2D eigenvalue weighted by Gasteiger charge is -2.38. The molecule has 2 fully saturated rings. The van der Waals surface area contributed by atoms with Gasteiger partial charge in [-0.15, -0.1) is 0 Å². The number of rotatable bonds is 6. The molecule has 2 bridgehead atoms. The molecular weight excluding hydrogens is 284 g/mol. The van der Waals surface area contributed by atoms with Crippen LogP contribution in [0.25, 0.3) is 0 Å². The van der Waals surface area contributed by atoms with Crippen LogP contribution in [0.1, 0.15) is 47.0 Å². The maximum atomic E-state index is 11.5. The average Bonchev–Trinajstić information content (AvgIpc) is 2.77. The second kappa shape index (κ2) is 6.03. The Morgan fingerprint density at radius 3 is 2.41 bits per heavy atom. The van der Waals surface area contributed by atoms with Crippen LogP contribution in [-0.2, 0) is 23.8 Å². The Kier molecular flexibility index (Phi) is 4.66. The van der Waals surface area contributed by atoms with Crippen molar-refractivity contribution in [1.82, 2.24) is 0 Å². The van der Waals surface area contributed by atoms with E-state index >= 15 is 0 Å². The van der Waals surface area contributed by atoms with Crippen LogP contribution in [0.3, 0.4) is 0 Å². The number of ether oxygens (including phenoxy) is 3. The summed E-state index contributed by atoms with van der Waals surface area (Å²) >= 11 is 0. The van der Waals surface area contributed by atoms with Gasteiger partial charge in [-0.3, -0.25) is 0 Å². The van der Waals surface area contributed by atoms with E-state index in [1.165, 1.54) is 13.3 Å². The minimum absolute atomic E-state index is 0.0908. The van der Waals surface area contributed by atoms with Crippen LogP contribution in [0.15, 0.2) is 12.2 Å². The Morgan fingerprint density at radius 1 is 1.23 bits per heavy atom. The normalized spacial score (nSPS) is 31.8. The third-order valence-electron chi connectivity index (χ3n) is 5.87. The van der Waals surface area contributed by atoms with Gasteiger partial charge in [0.2, 0.25) is 0 Å². The van der Waals surface area contributed by atoms with Gasteiger partial charge in [0.15, 0.2) is 13.4 Å². The number of carbonyl (C=O) groups is 2. The van der Waals surface area contributed by atoms with Crippen molar-refractivity contribution in [3.63, 3.8) is 0 Å². The van der Waals surface area contributed by atoms with E-state index in [2.05, 4.69) is 27.4 Å². The van der Waals surface area contributed by atoms with Crippen molar-refractivity contribution in [2.75, 3.05) is 13.4 Å². The highest BCUT2D eigenvalue weighted by molar-refractivity contribution is 5.88. The molecule has 124 valence electrons. The Balaban J connectivity index is 1.73. The molecule has 3 unspecified atom stereocenters. The Labute approximate surface area is 132 Å². The molecule has 0 saturated heterocycles. The summed E-state index contributed by atoms with van der Waals surface area (Å²) in [4.78, 5) is 22.7. The summed E-state index contributed by atoms with van der Waals surface area (Å²) in [5.41, 5.74) is 0.649. The van der Waals surface area contributed by atoms with Crippen molar-refractivity contribution in [1.29, 1.82) is 0 Å². The van der Waals surface area contributed by atoms with Crippen molar-refractivity contribution in [2.24, 2.45) is 16.7 Å². The van der Waals surface area contributed by atoms with Crippen molar-refractivity contribution in [2.45, 2.75) is 53.1 Å². The summed E-state index contributed by atoms with van der Waals surface area (Å²) in [5, 5.41) is 0. The van der Waals surface area contributed by atoms with Gasteiger partial charge >= 0.3 is 11.9 Å². The number of esters is 2. The minimum atomic E-state index is -0.609. The monoisotopic (exact) mass is 310 g/mol. The molecule has 5 nitrogen and oxygen atoms in total. The Morgan fingerprint density at radius 2 is 1.91 bits per heavy atom. The van der Waals surface area contributed by atoms with E-state index in [-0.39, 0.29) is 29.3 Å².